The number of hydrogen-bond acceptors (Lipinski definition) is 4. The van der Waals surface area contributed by atoms with Crippen LogP contribution < -0.4 is 0 Å². The zero-order valence-corrected chi connectivity index (χ0v) is 14.1. The third-order valence-corrected chi connectivity index (χ3v) is 4.56. The van der Waals surface area contributed by atoms with Crippen molar-refractivity contribution in [2.45, 2.75) is 0 Å². The number of carbonyl (C=O) groups excluding carboxylic acids is 2. The molecule has 0 atom stereocenters. The van der Waals surface area contributed by atoms with Gasteiger partial charge in [-0.3, -0.25) is 19.7 Å². The maximum absolute atomic E-state index is 12.3. The van der Waals surface area contributed by atoms with E-state index in [0.29, 0.717) is 22.3 Å². The van der Waals surface area contributed by atoms with Crippen molar-refractivity contribution in [1.29, 1.82) is 0 Å². The summed E-state index contributed by atoms with van der Waals surface area (Å²) in [6.07, 6.45) is 8.06. The van der Waals surface area contributed by atoms with Crippen molar-refractivity contribution in [3.8, 4) is 0 Å². The van der Waals surface area contributed by atoms with Crippen LogP contribution in [0.4, 0.5) is 0 Å². The molecule has 0 heterocycles. The van der Waals surface area contributed by atoms with E-state index in [0.717, 1.165) is 11.1 Å². The van der Waals surface area contributed by atoms with Gasteiger partial charge in [0.25, 0.3) is 5.78 Å². The minimum atomic E-state index is -0.659. The molecule has 2 aromatic rings. The maximum Gasteiger partial charge on any atom is 0.317 e. The second-order valence-corrected chi connectivity index (χ2v) is 6.15. The Morgan fingerprint density at radius 3 is 1.96 bits per heavy atom. The summed E-state index contributed by atoms with van der Waals surface area (Å²) in [5.41, 5.74) is 3.33. The number of allylic oxidation sites excluding steroid dienone is 8. The fraction of sp³-hybridized carbons (Fsp3) is 0. The summed E-state index contributed by atoms with van der Waals surface area (Å²) < 4.78 is 0. The molecule has 0 radical (unpaired) electrons. The number of fused-ring (bicyclic) bond motifs is 2. The summed E-state index contributed by atoms with van der Waals surface area (Å²) in [6.45, 7) is 0. The zero-order chi connectivity index (χ0) is 19.0. The first-order valence-electron chi connectivity index (χ1n) is 8.30. The zero-order valence-electron chi connectivity index (χ0n) is 14.1. The molecule has 5 heteroatoms. The van der Waals surface area contributed by atoms with Gasteiger partial charge in [-0.05, 0) is 28.3 Å². The molecule has 130 valence electrons. The lowest BCUT2D eigenvalue weighted by molar-refractivity contribution is -0.416. The van der Waals surface area contributed by atoms with Crippen LogP contribution in [0.3, 0.4) is 0 Å². The molecular formula is C22H13NO4. The summed E-state index contributed by atoms with van der Waals surface area (Å²) in [5, 5.41) is 11.3. The largest absolute Gasteiger partial charge is 0.317 e. The van der Waals surface area contributed by atoms with Gasteiger partial charge in [-0.15, -0.1) is 0 Å². The molecule has 5 nitrogen and oxygen atoms in total. The van der Waals surface area contributed by atoms with Crippen LogP contribution >= 0.6 is 0 Å². The fourth-order valence-electron chi connectivity index (χ4n) is 3.25. The lowest BCUT2D eigenvalue weighted by Gasteiger charge is -2.14. The molecular weight excluding hydrogens is 342 g/mol. The molecule has 0 bridgehead atoms. The van der Waals surface area contributed by atoms with Gasteiger partial charge in [-0.1, -0.05) is 66.8 Å². The van der Waals surface area contributed by atoms with Gasteiger partial charge in [0.15, 0.2) is 5.78 Å². The van der Waals surface area contributed by atoms with E-state index in [4.69, 9.17) is 0 Å². The number of carbonyl (C=O) groups is 2. The first-order chi connectivity index (χ1) is 13.1. The van der Waals surface area contributed by atoms with Crippen molar-refractivity contribution in [2.24, 2.45) is 0 Å². The Hall–Kier alpha value is -3.86. The number of nitrogens with zero attached hydrogens (tertiary/aromatic N) is 1. The van der Waals surface area contributed by atoms with Gasteiger partial charge in [-0.2, -0.15) is 0 Å². The molecule has 2 aromatic carbocycles. The molecule has 0 N–H and O–H groups in total. The Balaban J connectivity index is 1.85. The summed E-state index contributed by atoms with van der Waals surface area (Å²) in [4.78, 5) is 34.9. The van der Waals surface area contributed by atoms with E-state index >= 15 is 0 Å². The van der Waals surface area contributed by atoms with E-state index in [9.17, 15) is 19.7 Å². The van der Waals surface area contributed by atoms with Crippen LogP contribution in [0.1, 0.15) is 31.8 Å². The first-order valence-corrected chi connectivity index (χ1v) is 8.30. The minimum absolute atomic E-state index is 0.0560. The summed E-state index contributed by atoms with van der Waals surface area (Å²) in [5.74, 6) is -0.645. The number of nitro groups is 1. The highest BCUT2D eigenvalue weighted by atomic mass is 16.6. The average molecular weight is 355 g/mol. The average Bonchev–Trinajstić information content (AvgIpc) is 2.69. The molecule has 4 rings (SSSR count). The summed E-state index contributed by atoms with van der Waals surface area (Å²) >= 11 is 0. The molecule has 0 amide bonds. The molecule has 0 spiro atoms. The smallest absolute Gasteiger partial charge is 0.289 e. The second-order valence-electron chi connectivity index (χ2n) is 6.15. The van der Waals surface area contributed by atoms with E-state index in [1.54, 1.807) is 54.6 Å². The van der Waals surface area contributed by atoms with E-state index < -0.39 is 16.4 Å². The molecule has 0 unspecified atom stereocenters. The van der Waals surface area contributed by atoms with Gasteiger partial charge in [0.1, 0.15) is 0 Å². The first kappa shape index (κ1) is 16.6. The van der Waals surface area contributed by atoms with Crippen molar-refractivity contribution < 1.29 is 14.5 Å². The normalized spacial score (nSPS) is 18.3. The quantitative estimate of drug-likeness (QED) is 0.596. The maximum atomic E-state index is 12.3. The number of benzene rings is 2. The summed E-state index contributed by atoms with van der Waals surface area (Å²) in [7, 11) is 0. The third kappa shape index (κ3) is 2.85. The monoisotopic (exact) mass is 355 g/mol. The molecule has 0 fully saturated rings. The number of Topliss-reactive ketones (excluding diaryl/α,β-unsaturated/α-hetero) is 1. The van der Waals surface area contributed by atoms with Gasteiger partial charge in [-0.25, -0.2) is 0 Å². The lowest BCUT2D eigenvalue weighted by atomic mass is 9.88. The van der Waals surface area contributed by atoms with Crippen LogP contribution in [0.5, 0.6) is 0 Å². The van der Waals surface area contributed by atoms with Crippen LogP contribution in [0.2, 0.25) is 0 Å². The molecule has 27 heavy (non-hydrogen) atoms. The van der Waals surface area contributed by atoms with Gasteiger partial charge in [0.05, 0.1) is 4.92 Å². The number of hydrogen-bond donors (Lipinski definition) is 0. The van der Waals surface area contributed by atoms with Crippen molar-refractivity contribution >= 4 is 22.7 Å². The Kier molecular flexibility index (Phi) is 3.97. The van der Waals surface area contributed by atoms with Gasteiger partial charge in [0, 0.05) is 17.2 Å². The predicted octanol–water partition coefficient (Wildman–Crippen LogP) is 4.26. The topological polar surface area (TPSA) is 77.3 Å². The number of rotatable bonds is 2. The van der Waals surface area contributed by atoms with Gasteiger partial charge >= 0.3 is 5.70 Å². The molecule has 0 saturated carbocycles. The number of ketones is 2. The third-order valence-electron chi connectivity index (χ3n) is 4.56. The van der Waals surface area contributed by atoms with Crippen molar-refractivity contribution in [2.75, 3.05) is 0 Å². The van der Waals surface area contributed by atoms with E-state index in [1.807, 2.05) is 12.1 Å². The predicted molar refractivity (Wildman–Crippen MR) is 102 cm³/mol. The van der Waals surface area contributed by atoms with Crippen LogP contribution in [-0.4, -0.2) is 16.5 Å². The van der Waals surface area contributed by atoms with Crippen molar-refractivity contribution in [3.05, 3.63) is 117 Å². The second kappa shape index (κ2) is 6.46. The van der Waals surface area contributed by atoms with Crippen LogP contribution in [0, 0.1) is 10.1 Å². The van der Waals surface area contributed by atoms with E-state index in [2.05, 4.69) is 0 Å². The van der Waals surface area contributed by atoms with Crippen LogP contribution in [-0.2, 0) is 0 Å². The molecule has 0 saturated heterocycles. The molecule has 2 aliphatic carbocycles. The highest BCUT2D eigenvalue weighted by molar-refractivity contribution is 6.15. The van der Waals surface area contributed by atoms with Gasteiger partial charge in [0.2, 0.25) is 0 Å². The molecule has 2 aliphatic rings. The van der Waals surface area contributed by atoms with E-state index in [-0.39, 0.29) is 5.78 Å². The van der Waals surface area contributed by atoms with E-state index in [1.165, 1.54) is 12.2 Å². The highest BCUT2D eigenvalue weighted by Crippen LogP contribution is 2.31. The standard InChI is InChI=1S/C22H13NO4/c24-21-12-11-14(16-5-1-3-7-18(16)21)9-10-15-13-20(23(26)27)22(25)19-8-4-2-6-17(15)19/h1-13H/b14-9-,15-10-. The molecule has 0 aliphatic heterocycles. The lowest BCUT2D eigenvalue weighted by Crippen LogP contribution is -2.17. The molecule has 0 aromatic heterocycles. The minimum Gasteiger partial charge on any atom is -0.289 e. The Bertz CT molecular complexity index is 1130. The van der Waals surface area contributed by atoms with Crippen molar-refractivity contribution in [1.82, 2.24) is 0 Å². The Morgan fingerprint density at radius 2 is 1.30 bits per heavy atom. The van der Waals surface area contributed by atoms with Gasteiger partial charge < -0.3 is 0 Å². The van der Waals surface area contributed by atoms with Crippen LogP contribution in [0.25, 0.3) is 11.1 Å². The SMILES string of the molecule is O=C1C=C/C(=C/C=C2/C=C([N+](=O)[O-])C(=O)c3ccccc32)c2ccccc21. The Morgan fingerprint density at radius 1 is 0.741 bits per heavy atom. The Labute approximate surface area is 154 Å². The summed E-state index contributed by atoms with van der Waals surface area (Å²) in [6, 6.07) is 14.1. The van der Waals surface area contributed by atoms with Crippen LogP contribution in [0.15, 0.2) is 84.6 Å². The van der Waals surface area contributed by atoms with Crippen molar-refractivity contribution in [3.63, 3.8) is 0 Å². The fourth-order valence-corrected chi connectivity index (χ4v) is 3.25. The highest BCUT2D eigenvalue weighted by Gasteiger charge is 2.30.